The Labute approximate surface area is 221 Å². The Balaban J connectivity index is 1.92. The Morgan fingerprint density at radius 1 is 1.30 bits per heavy atom. The SMILES string of the molecule is COc1cc(C(=O)N2[C@@H](c3cccs3)[C@H](c3nc(C)no3)C[C@@]2(CC(C)C)C(=O)O)ccc1C(C)(C)C. The number of nitrogens with zero attached hydrogens (tertiary/aromatic N) is 3. The predicted octanol–water partition coefficient (Wildman–Crippen LogP) is 5.99. The molecular weight excluding hydrogens is 490 g/mol. The van der Waals surface area contributed by atoms with E-state index in [2.05, 4.69) is 30.9 Å². The number of hydrogen-bond acceptors (Lipinski definition) is 7. The second kappa shape index (κ2) is 9.93. The number of benzene rings is 1. The molecule has 3 heterocycles. The van der Waals surface area contributed by atoms with E-state index < -0.39 is 23.5 Å². The summed E-state index contributed by atoms with van der Waals surface area (Å²) in [4.78, 5) is 34.4. The normalized spacial score (nSPS) is 22.0. The fourth-order valence-electron chi connectivity index (χ4n) is 5.53. The Bertz CT molecular complexity index is 1280. The largest absolute Gasteiger partial charge is 0.496 e. The van der Waals surface area contributed by atoms with E-state index in [4.69, 9.17) is 9.26 Å². The van der Waals surface area contributed by atoms with Crippen LogP contribution < -0.4 is 4.74 Å². The van der Waals surface area contributed by atoms with E-state index >= 15 is 0 Å². The lowest BCUT2D eigenvalue weighted by atomic mass is 9.83. The molecule has 0 spiro atoms. The van der Waals surface area contributed by atoms with Gasteiger partial charge in [-0.05, 0) is 60.2 Å². The molecule has 198 valence electrons. The molecule has 1 amide bonds. The van der Waals surface area contributed by atoms with Crippen LogP contribution in [0.1, 0.15) is 91.9 Å². The topological polar surface area (TPSA) is 106 Å². The number of carboxylic acid groups (broad SMARTS) is 1. The summed E-state index contributed by atoms with van der Waals surface area (Å²) in [7, 11) is 1.58. The van der Waals surface area contributed by atoms with Gasteiger partial charge in [-0.2, -0.15) is 4.98 Å². The molecule has 0 saturated carbocycles. The van der Waals surface area contributed by atoms with Crippen LogP contribution in [-0.4, -0.2) is 44.7 Å². The standard InChI is InChI=1S/C28H35N3O5S/c1-16(2)14-28(26(33)34)15-19(24-29-17(3)30-36-24)23(22-9-8-12-37-22)31(28)25(32)18-10-11-20(27(4,5)6)21(13-18)35-7/h8-13,16,19,23H,14-15H2,1-7H3,(H,33,34)/t19-,23-,28+/m1/s1. The molecule has 1 aliphatic heterocycles. The number of ether oxygens (including phenoxy) is 1. The summed E-state index contributed by atoms with van der Waals surface area (Å²) in [5, 5.41) is 16.6. The van der Waals surface area contributed by atoms with Gasteiger partial charge in [0.1, 0.15) is 11.3 Å². The third-order valence-corrected chi connectivity index (χ3v) is 7.94. The fraction of sp³-hybridized carbons (Fsp3) is 0.500. The molecule has 2 aromatic heterocycles. The zero-order chi connectivity index (χ0) is 27.1. The van der Waals surface area contributed by atoms with Crippen molar-refractivity contribution < 1.29 is 24.0 Å². The molecular formula is C28H35N3O5S. The van der Waals surface area contributed by atoms with Crippen molar-refractivity contribution in [3.8, 4) is 5.75 Å². The summed E-state index contributed by atoms with van der Waals surface area (Å²) in [5.41, 5.74) is -0.302. The number of methoxy groups -OCH3 is 1. The summed E-state index contributed by atoms with van der Waals surface area (Å²) in [6.45, 7) is 11.9. The van der Waals surface area contributed by atoms with Crippen LogP contribution in [0.4, 0.5) is 0 Å². The number of aryl methyl sites for hydroxylation is 1. The molecule has 37 heavy (non-hydrogen) atoms. The van der Waals surface area contributed by atoms with E-state index in [0.717, 1.165) is 10.4 Å². The van der Waals surface area contributed by atoms with E-state index in [9.17, 15) is 14.7 Å². The number of aliphatic carboxylic acids is 1. The van der Waals surface area contributed by atoms with E-state index in [1.54, 1.807) is 31.1 Å². The highest BCUT2D eigenvalue weighted by atomic mass is 32.1. The molecule has 3 aromatic rings. The summed E-state index contributed by atoms with van der Waals surface area (Å²) in [5.74, 6) is -0.421. The van der Waals surface area contributed by atoms with Crippen LogP contribution in [0, 0.1) is 12.8 Å². The number of thiophene rings is 1. The summed E-state index contributed by atoms with van der Waals surface area (Å²) in [6, 6.07) is 8.65. The van der Waals surface area contributed by atoms with Crippen molar-refractivity contribution in [3.63, 3.8) is 0 Å². The molecule has 0 bridgehead atoms. The second-order valence-electron chi connectivity index (χ2n) is 11.2. The number of carbonyl (C=O) groups is 2. The lowest BCUT2D eigenvalue weighted by molar-refractivity contribution is -0.150. The smallest absolute Gasteiger partial charge is 0.329 e. The first-order valence-corrected chi connectivity index (χ1v) is 13.4. The van der Waals surface area contributed by atoms with Crippen molar-refractivity contribution in [2.24, 2.45) is 5.92 Å². The zero-order valence-electron chi connectivity index (χ0n) is 22.4. The van der Waals surface area contributed by atoms with Gasteiger partial charge in [0.05, 0.1) is 19.1 Å². The number of carboxylic acids is 1. The Morgan fingerprint density at radius 2 is 2.03 bits per heavy atom. The average molecular weight is 526 g/mol. The van der Waals surface area contributed by atoms with Crippen molar-refractivity contribution in [3.05, 3.63) is 63.4 Å². The minimum atomic E-state index is -1.46. The third-order valence-electron chi connectivity index (χ3n) is 6.99. The predicted molar refractivity (Wildman–Crippen MR) is 141 cm³/mol. The van der Waals surface area contributed by atoms with Gasteiger partial charge in [0.15, 0.2) is 5.82 Å². The van der Waals surface area contributed by atoms with Gasteiger partial charge in [-0.15, -0.1) is 11.3 Å². The van der Waals surface area contributed by atoms with E-state index in [1.807, 2.05) is 37.4 Å². The number of aromatic nitrogens is 2. The quantitative estimate of drug-likeness (QED) is 0.404. The first kappa shape index (κ1) is 26.9. The number of likely N-dealkylation sites (tertiary alicyclic amines) is 1. The van der Waals surface area contributed by atoms with Gasteiger partial charge in [-0.1, -0.05) is 51.9 Å². The highest BCUT2D eigenvalue weighted by Crippen LogP contribution is 2.55. The van der Waals surface area contributed by atoms with E-state index in [-0.39, 0.29) is 30.1 Å². The summed E-state index contributed by atoms with van der Waals surface area (Å²) < 4.78 is 11.2. The highest BCUT2D eigenvalue weighted by Gasteiger charge is 2.60. The molecule has 0 aliphatic carbocycles. The number of amides is 1. The van der Waals surface area contributed by atoms with Gasteiger partial charge < -0.3 is 19.3 Å². The Morgan fingerprint density at radius 3 is 2.54 bits per heavy atom. The molecule has 0 radical (unpaired) electrons. The van der Waals surface area contributed by atoms with Crippen LogP contribution in [0.15, 0.2) is 40.2 Å². The monoisotopic (exact) mass is 525 g/mol. The third kappa shape index (κ3) is 4.89. The van der Waals surface area contributed by atoms with Crippen LogP contribution in [0.25, 0.3) is 0 Å². The highest BCUT2D eigenvalue weighted by molar-refractivity contribution is 7.10. The average Bonchev–Trinajstić information content (AvgIpc) is 3.56. The minimum Gasteiger partial charge on any atom is -0.496 e. The molecule has 8 nitrogen and oxygen atoms in total. The number of hydrogen-bond donors (Lipinski definition) is 1. The summed E-state index contributed by atoms with van der Waals surface area (Å²) in [6.07, 6.45) is 0.463. The maximum atomic E-state index is 14.4. The molecule has 4 rings (SSSR count). The van der Waals surface area contributed by atoms with Crippen LogP contribution >= 0.6 is 11.3 Å². The van der Waals surface area contributed by atoms with Gasteiger partial charge >= 0.3 is 5.97 Å². The second-order valence-corrected chi connectivity index (χ2v) is 12.2. The molecule has 3 atom stereocenters. The minimum absolute atomic E-state index is 0.0244. The van der Waals surface area contributed by atoms with Crippen molar-refractivity contribution in [2.75, 3.05) is 7.11 Å². The van der Waals surface area contributed by atoms with Gasteiger partial charge in [-0.25, -0.2) is 4.79 Å². The van der Waals surface area contributed by atoms with E-state index in [1.165, 1.54) is 11.3 Å². The maximum absolute atomic E-state index is 14.4. The van der Waals surface area contributed by atoms with E-state index in [0.29, 0.717) is 23.0 Å². The van der Waals surface area contributed by atoms with Crippen molar-refractivity contribution >= 4 is 23.2 Å². The van der Waals surface area contributed by atoms with Gasteiger partial charge in [0, 0.05) is 10.4 Å². The van der Waals surface area contributed by atoms with Gasteiger partial charge in [0.2, 0.25) is 5.89 Å². The van der Waals surface area contributed by atoms with Crippen LogP contribution in [0.2, 0.25) is 0 Å². The molecule has 1 aromatic carbocycles. The molecule has 1 fully saturated rings. The van der Waals surface area contributed by atoms with Crippen molar-refractivity contribution in [2.45, 2.75) is 77.3 Å². The Hall–Kier alpha value is -3.20. The lowest BCUT2D eigenvalue weighted by Crippen LogP contribution is -2.54. The molecule has 9 heteroatoms. The van der Waals surface area contributed by atoms with Crippen LogP contribution in [-0.2, 0) is 10.2 Å². The van der Waals surface area contributed by atoms with Gasteiger partial charge in [-0.3, -0.25) is 4.79 Å². The van der Waals surface area contributed by atoms with Gasteiger partial charge in [0.25, 0.3) is 5.91 Å². The first-order valence-electron chi connectivity index (χ1n) is 12.5. The molecule has 1 saturated heterocycles. The molecule has 1 aliphatic rings. The van der Waals surface area contributed by atoms with Crippen molar-refractivity contribution in [1.82, 2.24) is 15.0 Å². The van der Waals surface area contributed by atoms with Crippen molar-refractivity contribution in [1.29, 1.82) is 0 Å². The van der Waals surface area contributed by atoms with Crippen LogP contribution in [0.5, 0.6) is 5.75 Å². The Kier molecular flexibility index (Phi) is 7.21. The number of rotatable bonds is 7. The maximum Gasteiger partial charge on any atom is 0.329 e. The number of carbonyl (C=O) groups excluding carboxylic acids is 1. The summed E-state index contributed by atoms with van der Waals surface area (Å²) >= 11 is 1.49. The molecule has 0 unspecified atom stereocenters. The van der Waals surface area contributed by atoms with Crippen LogP contribution in [0.3, 0.4) is 0 Å². The zero-order valence-corrected chi connectivity index (χ0v) is 23.3. The first-order chi connectivity index (χ1) is 17.4. The molecule has 1 N–H and O–H groups in total. The fourth-order valence-corrected chi connectivity index (χ4v) is 6.41. The lowest BCUT2D eigenvalue weighted by Gasteiger charge is -2.39.